The summed E-state index contributed by atoms with van der Waals surface area (Å²) in [6.45, 7) is 3.57. The Labute approximate surface area is 138 Å². The van der Waals surface area contributed by atoms with E-state index in [0.717, 1.165) is 25.0 Å². The summed E-state index contributed by atoms with van der Waals surface area (Å²) in [6.07, 6.45) is -2.69. The summed E-state index contributed by atoms with van der Waals surface area (Å²) in [5, 5.41) is 5.21. The van der Waals surface area contributed by atoms with Crippen LogP contribution in [0.15, 0.2) is 24.3 Å². The highest BCUT2D eigenvalue weighted by atomic mass is 19.4. The second kappa shape index (κ2) is 6.83. The number of halogens is 3. The molecule has 0 spiro atoms. The van der Waals surface area contributed by atoms with Gasteiger partial charge >= 0.3 is 6.18 Å². The molecule has 0 unspecified atom stereocenters. The first-order chi connectivity index (χ1) is 11.1. The van der Waals surface area contributed by atoms with Gasteiger partial charge in [-0.25, -0.2) is 0 Å². The quantitative estimate of drug-likeness (QED) is 0.835. The Morgan fingerprint density at radius 3 is 2.33 bits per heavy atom. The number of hydrogen-bond acceptors (Lipinski definition) is 2. The molecule has 0 saturated heterocycles. The van der Waals surface area contributed by atoms with Gasteiger partial charge in [0.2, 0.25) is 11.8 Å². The molecule has 0 atom stereocenters. The largest absolute Gasteiger partial charge is 0.416 e. The monoisotopic (exact) mass is 342 g/mol. The number of rotatable bonds is 6. The van der Waals surface area contributed by atoms with E-state index in [1.165, 1.54) is 6.07 Å². The van der Waals surface area contributed by atoms with Crippen LogP contribution >= 0.6 is 0 Å². The van der Waals surface area contributed by atoms with Gasteiger partial charge in [-0.2, -0.15) is 13.2 Å². The van der Waals surface area contributed by atoms with Crippen molar-refractivity contribution in [3.05, 3.63) is 35.4 Å². The van der Waals surface area contributed by atoms with E-state index in [2.05, 4.69) is 10.6 Å². The lowest BCUT2D eigenvalue weighted by molar-refractivity contribution is -0.137. The third-order valence-electron chi connectivity index (χ3n) is 4.07. The van der Waals surface area contributed by atoms with Gasteiger partial charge < -0.3 is 10.6 Å². The average molecular weight is 342 g/mol. The fourth-order valence-corrected chi connectivity index (χ4v) is 2.26. The molecular weight excluding hydrogens is 321 g/mol. The molecule has 1 aromatic carbocycles. The van der Waals surface area contributed by atoms with Gasteiger partial charge in [-0.15, -0.1) is 0 Å². The van der Waals surface area contributed by atoms with Gasteiger partial charge in [-0.1, -0.05) is 32.0 Å². The molecule has 0 bridgehead atoms. The standard InChI is InChI=1S/C17H21F3N2O2/c1-16(2,12-4-3-5-13(8-12)17(18,19)20)10-22-14(23)9-21-15(24)11-6-7-11/h3-5,8,11H,6-7,9-10H2,1-2H3,(H,21,24)(H,22,23). The van der Waals surface area contributed by atoms with Crippen molar-refractivity contribution in [3.8, 4) is 0 Å². The predicted octanol–water partition coefficient (Wildman–Crippen LogP) is 2.63. The Bertz CT molecular complexity index is 623. The second-order valence-corrected chi connectivity index (χ2v) is 6.73. The molecule has 24 heavy (non-hydrogen) atoms. The molecule has 2 amide bonds. The minimum Gasteiger partial charge on any atom is -0.354 e. The first-order valence-electron chi connectivity index (χ1n) is 7.82. The average Bonchev–Trinajstić information content (AvgIpc) is 3.35. The van der Waals surface area contributed by atoms with Gasteiger partial charge in [-0.3, -0.25) is 9.59 Å². The van der Waals surface area contributed by atoms with Crippen molar-refractivity contribution in [2.45, 2.75) is 38.3 Å². The summed E-state index contributed by atoms with van der Waals surface area (Å²) < 4.78 is 38.4. The number of benzene rings is 1. The van der Waals surface area contributed by atoms with Gasteiger partial charge in [-0.05, 0) is 24.5 Å². The third-order valence-corrected chi connectivity index (χ3v) is 4.07. The maximum Gasteiger partial charge on any atom is 0.416 e. The van der Waals surface area contributed by atoms with Crippen LogP contribution in [-0.2, 0) is 21.2 Å². The summed E-state index contributed by atoms with van der Waals surface area (Å²) in [4.78, 5) is 23.3. The van der Waals surface area contributed by atoms with Crippen LogP contribution in [0.5, 0.6) is 0 Å². The first kappa shape index (κ1) is 18.3. The van der Waals surface area contributed by atoms with Crippen LogP contribution in [0.1, 0.15) is 37.8 Å². The van der Waals surface area contributed by atoms with E-state index < -0.39 is 17.2 Å². The SMILES string of the molecule is CC(C)(CNC(=O)CNC(=O)C1CC1)c1cccc(C(F)(F)F)c1. The summed E-state index contributed by atoms with van der Waals surface area (Å²) in [5.41, 5.74) is -0.895. The normalized spacial score (nSPS) is 15.0. The molecule has 7 heteroatoms. The molecule has 2 rings (SSSR count). The van der Waals surface area contributed by atoms with Crippen molar-refractivity contribution in [1.82, 2.24) is 10.6 Å². The van der Waals surface area contributed by atoms with Crippen molar-refractivity contribution < 1.29 is 22.8 Å². The van der Waals surface area contributed by atoms with Crippen molar-refractivity contribution >= 4 is 11.8 Å². The maximum atomic E-state index is 12.8. The van der Waals surface area contributed by atoms with E-state index in [0.29, 0.717) is 5.56 Å². The fourth-order valence-electron chi connectivity index (χ4n) is 2.26. The molecule has 0 heterocycles. The van der Waals surface area contributed by atoms with Crippen molar-refractivity contribution in [3.63, 3.8) is 0 Å². The highest BCUT2D eigenvalue weighted by Gasteiger charge is 2.32. The topological polar surface area (TPSA) is 58.2 Å². The van der Waals surface area contributed by atoms with Crippen LogP contribution in [0.25, 0.3) is 0 Å². The van der Waals surface area contributed by atoms with Crippen molar-refractivity contribution in [2.24, 2.45) is 5.92 Å². The highest BCUT2D eigenvalue weighted by Crippen LogP contribution is 2.32. The zero-order chi connectivity index (χ0) is 18.0. The second-order valence-electron chi connectivity index (χ2n) is 6.73. The summed E-state index contributed by atoms with van der Waals surface area (Å²) >= 11 is 0. The van der Waals surface area contributed by atoms with Crippen LogP contribution < -0.4 is 10.6 Å². The van der Waals surface area contributed by atoms with E-state index >= 15 is 0 Å². The number of carbonyl (C=O) groups is 2. The van der Waals surface area contributed by atoms with Crippen molar-refractivity contribution in [1.29, 1.82) is 0 Å². The Morgan fingerprint density at radius 2 is 1.75 bits per heavy atom. The number of alkyl halides is 3. The van der Waals surface area contributed by atoms with Gasteiger partial charge in [0.15, 0.2) is 0 Å². The highest BCUT2D eigenvalue weighted by molar-refractivity contribution is 5.86. The molecule has 0 aromatic heterocycles. The van der Waals surface area contributed by atoms with Gasteiger partial charge in [0.05, 0.1) is 12.1 Å². The molecular formula is C17H21F3N2O2. The van der Waals surface area contributed by atoms with E-state index in [1.807, 2.05) is 0 Å². The Hall–Kier alpha value is -2.05. The Balaban J connectivity index is 1.90. The van der Waals surface area contributed by atoms with Crippen LogP contribution in [-0.4, -0.2) is 24.9 Å². The van der Waals surface area contributed by atoms with E-state index in [-0.39, 0.29) is 30.8 Å². The zero-order valence-corrected chi connectivity index (χ0v) is 13.7. The Kier molecular flexibility index (Phi) is 5.20. The van der Waals surface area contributed by atoms with Gasteiger partial charge in [0.1, 0.15) is 0 Å². The molecule has 4 nitrogen and oxygen atoms in total. The lowest BCUT2D eigenvalue weighted by atomic mass is 9.83. The molecule has 0 aliphatic heterocycles. The van der Waals surface area contributed by atoms with Crippen LogP contribution in [0, 0.1) is 5.92 Å². The molecule has 0 radical (unpaired) electrons. The molecule has 132 valence electrons. The molecule has 1 aliphatic rings. The smallest absolute Gasteiger partial charge is 0.354 e. The van der Waals surface area contributed by atoms with E-state index in [4.69, 9.17) is 0 Å². The Morgan fingerprint density at radius 1 is 1.12 bits per heavy atom. The van der Waals surface area contributed by atoms with Gasteiger partial charge in [0, 0.05) is 17.9 Å². The molecule has 2 N–H and O–H groups in total. The van der Waals surface area contributed by atoms with Crippen LogP contribution in [0.2, 0.25) is 0 Å². The minimum absolute atomic E-state index is 0.0272. The van der Waals surface area contributed by atoms with Crippen LogP contribution in [0.3, 0.4) is 0 Å². The summed E-state index contributed by atoms with van der Waals surface area (Å²) in [5.74, 6) is -0.453. The number of nitrogens with one attached hydrogen (secondary N) is 2. The third kappa shape index (κ3) is 4.97. The molecule has 1 aromatic rings. The first-order valence-corrected chi connectivity index (χ1v) is 7.82. The summed E-state index contributed by atoms with van der Waals surface area (Å²) in [6, 6.07) is 5.08. The fraction of sp³-hybridized carbons (Fsp3) is 0.529. The lowest BCUT2D eigenvalue weighted by Gasteiger charge is -2.26. The molecule has 1 aliphatic carbocycles. The lowest BCUT2D eigenvalue weighted by Crippen LogP contribution is -2.42. The zero-order valence-electron chi connectivity index (χ0n) is 13.7. The van der Waals surface area contributed by atoms with E-state index in [1.54, 1.807) is 19.9 Å². The summed E-state index contributed by atoms with van der Waals surface area (Å²) in [7, 11) is 0. The van der Waals surface area contributed by atoms with E-state index in [9.17, 15) is 22.8 Å². The van der Waals surface area contributed by atoms with Crippen molar-refractivity contribution in [2.75, 3.05) is 13.1 Å². The van der Waals surface area contributed by atoms with Crippen LogP contribution in [0.4, 0.5) is 13.2 Å². The number of amides is 2. The molecule has 1 fully saturated rings. The predicted molar refractivity (Wildman–Crippen MR) is 83.2 cm³/mol. The number of hydrogen-bond donors (Lipinski definition) is 2. The minimum atomic E-state index is -4.40. The maximum absolute atomic E-state index is 12.8. The van der Waals surface area contributed by atoms with Gasteiger partial charge in [0.25, 0.3) is 0 Å². The number of carbonyl (C=O) groups excluding carboxylic acids is 2. The molecule has 1 saturated carbocycles.